The maximum absolute atomic E-state index is 13.6. The quantitative estimate of drug-likeness (QED) is 0.573. The fraction of sp³-hybridized carbons (Fsp3) is 0.417. The number of benzene rings is 1. The third kappa shape index (κ3) is 3.93. The van der Waals surface area contributed by atoms with Crippen LogP contribution < -0.4 is 14.5 Å². The molecule has 2 aliphatic rings. The van der Waals surface area contributed by atoms with Crippen LogP contribution >= 0.6 is 0 Å². The number of amides is 1. The van der Waals surface area contributed by atoms with E-state index in [1.54, 1.807) is 18.3 Å². The predicted molar refractivity (Wildman–Crippen MR) is 125 cm³/mol. The van der Waals surface area contributed by atoms with Crippen molar-refractivity contribution in [3.05, 3.63) is 47.8 Å². The van der Waals surface area contributed by atoms with Crippen LogP contribution in [0, 0.1) is 0 Å². The second kappa shape index (κ2) is 8.82. The van der Waals surface area contributed by atoms with E-state index >= 15 is 0 Å². The van der Waals surface area contributed by atoms with Gasteiger partial charge in [0.2, 0.25) is 0 Å². The van der Waals surface area contributed by atoms with E-state index in [0.29, 0.717) is 42.7 Å². The summed E-state index contributed by atoms with van der Waals surface area (Å²) in [7, 11) is 1.69. The highest BCUT2D eigenvalue weighted by atomic mass is 16.5. The van der Waals surface area contributed by atoms with Gasteiger partial charge in [-0.3, -0.25) is 9.69 Å². The molecule has 0 radical (unpaired) electrons. The third-order valence-electron chi connectivity index (χ3n) is 6.16. The van der Waals surface area contributed by atoms with Gasteiger partial charge in [-0.2, -0.15) is 0 Å². The van der Waals surface area contributed by atoms with Gasteiger partial charge in [-0.15, -0.1) is 10.2 Å². The van der Waals surface area contributed by atoms with Gasteiger partial charge in [-0.1, -0.05) is 6.07 Å². The molecule has 0 spiro atoms. The Hall–Kier alpha value is -3.46. The Morgan fingerprint density at radius 3 is 2.91 bits per heavy atom. The van der Waals surface area contributed by atoms with Crippen LogP contribution in [0.2, 0.25) is 0 Å². The molecule has 1 amide bonds. The topological polar surface area (TPSA) is 85.6 Å². The number of nitrogens with zero attached hydrogens (tertiary/aromatic N) is 6. The average molecular weight is 449 g/mol. The van der Waals surface area contributed by atoms with E-state index in [2.05, 4.69) is 28.9 Å². The van der Waals surface area contributed by atoms with E-state index in [9.17, 15) is 4.79 Å². The van der Waals surface area contributed by atoms with Gasteiger partial charge in [-0.05, 0) is 50.1 Å². The Balaban J connectivity index is 1.47. The summed E-state index contributed by atoms with van der Waals surface area (Å²) in [5.41, 5.74) is 3.35. The van der Waals surface area contributed by atoms with Crippen LogP contribution in [0.5, 0.6) is 5.75 Å². The molecule has 4 heterocycles. The molecular weight excluding hydrogens is 420 g/mol. The SMILES string of the molecule is COCCN1CCOc2cc3c(cc21)C(=O)N(c1cccc(-c2nncn2C(C)C)n1)CC3. The monoisotopic (exact) mass is 448 g/mol. The van der Waals surface area contributed by atoms with Gasteiger partial charge in [0.15, 0.2) is 5.82 Å². The van der Waals surface area contributed by atoms with Crippen molar-refractivity contribution in [1.82, 2.24) is 19.7 Å². The maximum Gasteiger partial charge on any atom is 0.259 e. The van der Waals surface area contributed by atoms with Crippen molar-refractivity contribution in [3.8, 4) is 17.3 Å². The van der Waals surface area contributed by atoms with Crippen molar-refractivity contribution < 1.29 is 14.3 Å². The number of methoxy groups -OCH3 is 1. The van der Waals surface area contributed by atoms with E-state index < -0.39 is 0 Å². The van der Waals surface area contributed by atoms with Crippen molar-refractivity contribution in [3.63, 3.8) is 0 Å². The number of ether oxygens (including phenoxy) is 2. The minimum Gasteiger partial charge on any atom is -0.490 e. The lowest BCUT2D eigenvalue weighted by atomic mass is 9.96. The van der Waals surface area contributed by atoms with Crippen molar-refractivity contribution in [1.29, 1.82) is 0 Å². The lowest BCUT2D eigenvalue weighted by Gasteiger charge is -2.34. The van der Waals surface area contributed by atoms with Gasteiger partial charge in [0.25, 0.3) is 5.91 Å². The zero-order chi connectivity index (χ0) is 22.9. The molecule has 0 saturated carbocycles. The van der Waals surface area contributed by atoms with Crippen LogP contribution in [-0.4, -0.2) is 65.6 Å². The molecule has 1 aromatic carbocycles. The van der Waals surface area contributed by atoms with Crippen molar-refractivity contribution in [2.45, 2.75) is 26.3 Å². The molecule has 0 atom stereocenters. The van der Waals surface area contributed by atoms with Crippen LogP contribution in [-0.2, 0) is 11.2 Å². The standard InChI is InChI=1S/C24H28N6O3/c1-16(2)30-15-25-27-23(30)19-5-4-6-22(26-19)29-8-7-17-13-21-20(14-18(17)24(29)31)28(9-11-32-3)10-12-33-21/h4-6,13-16H,7-12H2,1-3H3. The number of carbonyl (C=O) groups is 1. The van der Waals surface area contributed by atoms with E-state index in [-0.39, 0.29) is 11.9 Å². The van der Waals surface area contributed by atoms with E-state index in [0.717, 1.165) is 36.5 Å². The van der Waals surface area contributed by atoms with Gasteiger partial charge in [-0.25, -0.2) is 4.98 Å². The summed E-state index contributed by atoms with van der Waals surface area (Å²) in [5, 5.41) is 8.29. The molecule has 2 aromatic heterocycles. The summed E-state index contributed by atoms with van der Waals surface area (Å²) in [5.74, 6) is 2.10. The summed E-state index contributed by atoms with van der Waals surface area (Å²) < 4.78 is 13.1. The van der Waals surface area contributed by atoms with Crippen LogP contribution in [0.4, 0.5) is 11.5 Å². The summed E-state index contributed by atoms with van der Waals surface area (Å²) in [6.45, 7) is 7.48. The lowest BCUT2D eigenvalue weighted by Crippen LogP contribution is -2.40. The molecule has 0 fully saturated rings. The number of anilines is 2. The highest BCUT2D eigenvalue weighted by Gasteiger charge is 2.30. The van der Waals surface area contributed by atoms with Crippen LogP contribution in [0.25, 0.3) is 11.5 Å². The number of hydrogen-bond donors (Lipinski definition) is 0. The maximum atomic E-state index is 13.6. The van der Waals surface area contributed by atoms with Crippen molar-refractivity contribution in [2.75, 3.05) is 49.8 Å². The molecule has 9 heteroatoms. The van der Waals surface area contributed by atoms with E-state index in [1.807, 2.05) is 34.9 Å². The molecule has 0 aliphatic carbocycles. The van der Waals surface area contributed by atoms with Gasteiger partial charge in [0, 0.05) is 31.8 Å². The highest BCUT2D eigenvalue weighted by Crippen LogP contribution is 2.37. The van der Waals surface area contributed by atoms with Gasteiger partial charge in [0.05, 0.1) is 18.8 Å². The first-order chi connectivity index (χ1) is 16.1. The summed E-state index contributed by atoms with van der Waals surface area (Å²) in [6.07, 6.45) is 2.45. The zero-order valence-corrected chi connectivity index (χ0v) is 19.2. The molecule has 3 aromatic rings. The molecule has 0 unspecified atom stereocenters. The summed E-state index contributed by atoms with van der Waals surface area (Å²) >= 11 is 0. The molecule has 0 bridgehead atoms. The van der Waals surface area contributed by atoms with Crippen molar-refractivity contribution >= 4 is 17.4 Å². The van der Waals surface area contributed by atoms with Crippen LogP contribution in [0.3, 0.4) is 0 Å². The number of pyridine rings is 1. The number of rotatable bonds is 6. The molecule has 5 rings (SSSR count). The summed E-state index contributed by atoms with van der Waals surface area (Å²) in [4.78, 5) is 22.3. The fourth-order valence-corrected chi connectivity index (χ4v) is 4.40. The van der Waals surface area contributed by atoms with Gasteiger partial charge in [0.1, 0.15) is 30.2 Å². The Labute approximate surface area is 193 Å². The molecule has 33 heavy (non-hydrogen) atoms. The number of hydrogen-bond acceptors (Lipinski definition) is 7. The number of fused-ring (bicyclic) bond motifs is 2. The third-order valence-corrected chi connectivity index (χ3v) is 6.16. The van der Waals surface area contributed by atoms with Gasteiger partial charge >= 0.3 is 0 Å². The van der Waals surface area contributed by atoms with Gasteiger partial charge < -0.3 is 18.9 Å². The first-order valence-electron chi connectivity index (χ1n) is 11.3. The number of aromatic nitrogens is 4. The first kappa shape index (κ1) is 21.4. The Morgan fingerprint density at radius 2 is 2.09 bits per heavy atom. The second-order valence-electron chi connectivity index (χ2n) is 8.55. The molecule has 0 saturated heterocycles. The zero-order valence-electron chi connectivity index (χ0n) is 19.2. The summed E-state index contributed by atoms with van der Waals surface area (Å²) in [6, 6.07) is 9.87. The Morgan fingerprint density at radius 1 is 1.21 bits per heavy atom. The van der Waals surface area contributed by atoms with Crippen LogP contribution in [0.1, 0.15) is 35.8 Å². The molecule has 172 valence electrons. The largest absolute Gasteiger partial charge is 0.490 e. The second-order valence-corrected chi connectivity index (χ2v) is 8.55. The predicted octanol–water partition coefficient (Wildman–Crippen LogP) is 2.97. The lowest BCUT2D eigenvalue weighted by molar-refractivity contribution is 0.0979. The Bertz CT molecular complexity index is 1170. The normalized spacial score (nSPS) is 15.5. The molecular formula is C24H28N6O3. The first-order valence-corrected chi connectivity index (χ1v) is 11.3. The smallest absolute Gasteiger partial charge is 0.259 e. The van der Waals surface area contributed by atoms with E-state index in [1.165, 1.54) is 0 Å². The molecule has 0 N–H and O–H groups in total. The van der Waals surface area contributed by atoms with E-state index in [4.69, 9.17) is 14.5 Å². The average Bonchev–Trinajstić information content (AvgIpc) is 3.33. The Kier molecular flexibility index (Phi) is 5.72. The minimum absolute atomic E-state index is 0.0497. The molecule has 2 aliphatic heterocycles. The van der Waals surface area contributed by atoms with Crippen molar-refractivity contribution in [2.24, 2.45) is 0 Å². The fourth-order valence-electron chi connectivity index (χ4n) is 4.40. The number of carbonyl (C=O) groups excluding carboxylic acids is 1. The minimum atomic E-state index is -0.0497. The van der Waals surface area contributed by atoms with Crippen LogP contribution in [0.15, 0.2) is 36.7 Å². The highest BCUT2D eigenvalue weighted by molar-refractivity contribution is 6.08. The molecule has 9 nitrogen and oxygen atoms in total.